The number of sulfonamides is 1. The first-order valence-electron chi connectivity index (χ1n) is 10.7. The van der Waals surface area contributed by atoms with E-state index in [1.54, 1.807) is 12.1 Å². The molecule has 2 aromatic rings. The molecule has 0 aliphatic heterocycles. The maximum absolute atomic E-state index is 12.6. The molecule has 2 aromatic carbocycles. The lowest BCUT2D eigenvalue weighted by Crippen LogP contribution is -2.38. The summed E-state index contributed by atoms with van der Waals surface area (Å²) in [5, 5.41) is 3.20. The van der Waals surface area contributed by atoms with Gasteiger partial charge in [-0.05, 0) is 85.9 Å². The number of aryl methyl sites for hydroxylation is 2. The van der Waals surface area contributed by atoms with Gasteiger partial charge in [0, 0.05) is 11.6 Å². The number of nitrogens with one attached hydrogen (secondary N) is 1. The lowest BCUT2D eigenvalue weighted by Gasteiger charge is -2.24. The zero-order chi connectivity index (χ0) is 21.5. The molecule has 0 radical (unpaired) electrons. The van der Waals surface area contributed by atoms with E-state index in [4.69, 9.17) is 0 Å². The Hall–Kier alpha value is -2.34. The van der Waals surface area contributed by atoms with Crippen molar-refractivity contribution in [2.45, 2.75) is 52.1 Å². The van der Waals surface area contributed by atoms with Gasteiger partial charge in [0.15, 0.2) is 0 Å². The lowest BCUT2D eigenvalue weighted by molar-refractivity contribution is 0.0923. The van der Waals surface area contributed by atoms with Crippen LogP contribution in [0.2, 0.25) is 0 Å². The Morgan fingerprint density at radius 2 is 1.77 bits per heavy atom. The van der Waals surface area contributed by atoms with Crippen LogP contribution >= 0.6 is 0 Å². The molecule has 2 saturated carbocycles. The van der Waals surface area contributed by atoms with Gasteiger partial charge in [-0.15, -0.1) is 0 Å². The van der Waals surface area contributed by atoms with Crippen molar-refractivity contribution >= 4 is 21.6 Å². The molecule has 0 saturated heterocycles. The van der Waals surface area contributed by atoms with Crippen LogP contribution in [0.25, 0.3) is 0 Å². The smallest absolute Gasteiger partial charge is 0.251 e. The quantitative estimate of drug-likeness (QED) is 0.753. The molecule has 2 aliphatic rings. The molecule has 0 heterocycles. The highest BCUT2D eigenvalue weighted by molar-refractivity contribution is 7.92. The summed E-state index contributed by atoms with van der Waals surface area (Å²) in [4.78, 5) is 12.6. The first-order valence-corrected chi connectivity index (χ1v) is 12.5. The topological polar surface area (TPSA) is 66.5 Å². The van der Waals surface area contributed by atoms with Crippen molar-refractivity contribution in [2.24, 2.45) is 11.8 Å². The third-order valence-corrected chi connectivity index (χ3v) is 7.92. The van der Waals surface area contributed by atoms with Crippen LogP contribution in [-0.4, -0.2) is 26.6 Å². The van der Waals surface area contributed by atoms with Crippen molar-refractivity contribution < 1.29 is 13.2 Å². The molecule has 160 valence electrons. The predicted octanol–water partition coefficient (Wildman–Crippen LogP) is 4.19. The van der Waals surface area contributed by atoms with E-state index >= 15 is 0 Å². The van der Waals surface area contributed by atoms with E-state index in [9.17, 15) is 13.2 Å². The number of hydrogen-bond donors (Lipinski definition) is 1. The van der Waals surface area contributed by atoms with Gasteiger partial charge in [-0.25, -0.2) is 8.42 Å². The zero-order valence-electron chi connectivity index (χ0n) is 17.9. The summed E-state index contributed by atoms with van der Waals surface area (Å²) in [5.41, 5.74) is 4.29. The molecule has 5 nitrogen and oxygen atoms in total. The minimum absolute atomic E-state index is 0.0340. The molecule has 0 unspecified atom stereocenters. The Morgan fingerprint density at radius 3 is 2.33 bits per heavy atom. The molecule has 1 N–H and O–H groups in total. The maximum atomic E-state index is 12.6. The predicted molar refractivity (Wildman–Crippen MR) is 120 cm³/mol. The Kier molecular flexibility index (Phi) is 5.62. The van der Waals surface area contributed by atoms with Crippen molar-refractivity contribution in [1.29, 1.82) is 0 Å². The second-order valence-electron chi connectivity index (χ2n) is 8.99. The molecule has 6 heteroatoms. The monoisotopic (exact) mass is 426 g/mol. The average Bonchev–Trinajstić information content (AvgIpc) is 3.31. The van der Waals surface area contributed by atoms with Crippen LogP contribution in [-0.2, 0) is 16.6 Å². The normalized spacial score (nSPS) is 22.8. The number of amides is 1. The number of hydrogen-bond acceptors (Lipinski definition) is 3. The van der Waals surface area contributed by atoms with Gasteiger partial charge in [-0.1, -0.05) is 24.6 Å². The Bertz CT molecular complexity index is 1050. The van der Waals surface area contributed by atoms with Gasteiger partial charge >= 0.3 is 0 Å². The first-order chi connectivity index (χ1) is 14.2. The van der Waals surface area contributed by atoms with Gasteiger partial charge < -0.3 is 5.32 Å². The number of rotatable bonds is 6. The number of benzene rings is 2. The number of fused-ring (bicyclic) bond motifs is 2. The van der Waals surface area contributed by atoms with E-state index in [-0.39, 0.29) is 12.5 Å². The largest absolute Gasteiger partial charge is 0.349 e. The molecule has 2 bridgehead atoms. The minimum Gasteiger partial charge on any atom is -0.349 e. The molecule has 0 spiro atoms. The Morgan fingerprint density at radius 1 is 1.03 bits per heavy atom. The van der Waals surface area contributed by atoms with E-state index in [2.05, 4.69) is 5.32 Å². The fraction of sp³-hybridized carbons (Fsp3) is 0.458. The highest BCUT2D eigenvalue weighted by Gasteiger charge is 2.40. The molecule has 1 amide bonds. The van der Waals surface area contributed by atoms with Crippen molar-refractivity contribution in [3.05, 3.63) is 64.7 Å². The average molecular weight is 427 g/mol. The third kappa shape index (κ3) is 4.38. The number of carbonyl (C=O) groups excluding carboxylic acids is 1. The van der Waals surface area contributed by atoms with Crippen molar-refractivity contribution in [2.75, 3.05) is 10.6 Å². The van der Waals surface area contributed by atoms with E-state index in [1.807, 2.05) is 44.2 Å². The van der Waals surface area contributed by atoms with Crippen molar-refractivity contribution in [3.63, 3.8) is 0 Å². The van der Waals surface area contributed by atoms with E-state index in [0.29, 0.717) is 23.2 Å². The van der Waals surface area contributed by atoms with Crippen LogP contribution in [0.4, 0.5) is 5.69 Å². The van der Waals surface area contributed by atoms with Gasteiger partial charge in [0.25, 0.3) is 5.91 Å². The SMILES string of the molecule is Cc1ccc(N(Cc2ccc(C(=O)N[C@@H]3C[C@H]4CC[C@@H]3C4)cc2)S(C)(=O)=O)cc1C. The van der Waals surface area contributed by atoms with Crippen LogP contribution in [0.1, 0.15) is 52.7 Å². The van der Waals surface area contributed by atoms with Crippen molar-refractivity contribution in [1.82, 2.24) is 5.32 Å². The van der Waals surface area contributed by atoms with E-state index in [0.717, 1.165) is 29.0 Å². The summed E-state index contributed by atoms with van der Waals surface area (Å²) in [6, 6.07) is 13.2. The number of anilines is 1. The molecular weight excluding hydrogens is 396 g/mol. The summed E-state index contributed by atoms with van der Waals surface area (Å²) in [5.74, 6) is 1.39. The summed E-state index contributed by atoms with van der Waals surface area (Å²) in [6.45, 7) is 4.21. The standard InChI is InChI=1S/C24H30N2O3S/c1-16-4-11-22(12-17(16)2)26(30(3,28)29)15-18-5-8-20(9-6-18)24(27)25-23-14-19-7-10-21(23)13-19/h4-6,8-9,11-12,19,21,23H,7,10,13-15H2,1-3H3,(H,25,27)/t19-,21+,23+/m0/s1. The second-order valence-corrected chi connectivity index (χ2v) is 10.9. The summed E-state index contributed by atoms with van der Waals surface area (Å²) in [6.07, 6.45) is 6.12. The Labute approximate surface area is 179 Å². The van der Waals surface area contributed by atoms with Crippen LogP contribution < -0.4 is 9.62 Å². The second kappa shape index (κ2) is 8.06. The minimum atomic E-state index is -3.44. The first kappa shape index (κ1) is 20.9. The Balaban J connectivity index is 1.47. The summed E-state index contributed by atoms with van der Waals surface area (Å²) >= 11 is 0. The zero-order valence-corrected chi connectivity index (χ0v) is 18.7. The van der Waals surface area contributed by atoms with Gasteiger partial charge in [0.2, 0.25) is 10.0 Å². The molecule has 0 aromatic heterocycles. The van der Waals surface area contributed by atoms with Crippen LogP contribution in [0, 0.1) is 25.7 Å². The molecule has 30 heavy (non-hydrogen) atoms. The summed E-state index contributed by atoms with van der Waals surface area (Å²) < 4.78 is 26.3. The highest BCUT2D eigenvalue weighted by Crippen LogP contribution is 2.44. The maximum Gasteiger partial charge on any atom is 0.251 e. The molecule has 4 rings (SSSR count). The molecule has 2 fully saturated rings. The number of carbonyl (C=O) groups is 1. The van der Waals surface area contributed by atoms with Crippen LogP contribution in [0.15, 0.2) is 42.5 Å². The van der Waals surface area contributed by atoms with Crippen molar-refractivity contribution in [3.8, 4) is 0 Å². The van der Waals surface area contributed by atoms with Crippen LogP contribution in [0.5, 0.6) is 0 Å². The summed E-state index contributed by atoms with van der Waals surface area (Å²) in [7, 11) is -3.44. The van der Waals surface area contributed by atoms with Gasteiger partial charge in [0.05, 0.1) is 18.5 Å². The molecule has 3 atom stereocenters. The molecule has 2 aliphatic carbocycles. The third-order valence-electron chi connectivity index (χ3n) is 6.78. The number of nitrogens with zero attached hydrogens (tertiary/aromatic N) is 1. The van der Waals surface area contributed by atoms with E-state index in [1.165, 1.54) is 29.8 Å². The van der Waals surface area contributed by atoms with Crippen LogP contribution in [0.3, 0.4) is 0 Å². The van der Waals surface area contributed by atoms with E-state index < -0.39 is 10.0 Å². The van der Waals surface area contributed by atoms with Gasteiger partial charge in [-0.2, -0.15) is 0 Å². The highest BCUT2D eigenvalue weighted by atomic mass is 32.2. The van der Waals surface area contributed by atoms with Gasteiger partial charge in [0.1, 0.15) is 0 Å². The van der Waals surface area contributed by atoms with Gasteiger partial charge in [-0.3, -0.25) is 9.10 Å². The molecular formula is C24H30N2O3S. The lowest BCUT2D eigenvalue weighted by atomic mass is 9.95. The fourth-order valence-corrected chi connectivity index (χ4v) is 5.76. The fourth-order valence-electron chi connectivity index (χ4n) is 4.88.